The monoisotopic (exact) mass is 338 g/mol. The molecule has 0 fully saturated rings. The average Bonchev–Trinajstić information content (AvgIpc) is 2.64. The average molecular weight is 338 g/mol. The Morgan fingerprint density at radius 3 is 2.32 bits per heavy atom. The summed E-state index contributed by atoms with van der Waals surface area (Å²) in [5, 5.41) is 2.72. The molecule has 25 heavy (non-hydrogen) atoms. The summed E-state index contributed by atoms with van der Waals surface area (Å²) in [6.45, 7) is 0.321. The van der Waals surface area contributed by atoms with Crippen LogP contribution in [0, 0.1) is 11.6 Å². The Hall–Kier alpha value is -3.08. The number of hydrogen-bond donors (Lipinski definition) is 1. The van der Waals surface area contributed by atoms with Gasteiger partial charge in [-0.25, -0.2) is 8.78 Å². The number of hydrogen-bond acceptors (Lipinski definition) is 2. The van der Waals surface area contributed by atoms with Crippen molar-refractivity contribution in [2.45, 2.75) is 6.42 Å². The summed E-state index contributed by atoms with van der Waals surface area (Å²) in [6, 6.07) is 15.9. The largest absolute Gasteiger partial charge is 0.350 e. The molecule has 2 aromatic carbocycles. The maximum atomic E-state index is 13.5. The van der Waals surface area contributed by atoms with Gasteiger partial charge in [0.1, 0.15) is 17.3 Å². The minimum Gasteiger partial charge on any atom is -0.350 e. The van der Waals surface area contributed by atoms with Crippen LogP contribution in [0.25, 0.3) is 11.1 Å². The van der Waals surface area contributed by atoms with E-state index in [2.05, 4.69) is 10.3 Å². The molecule has 0 bridgehead atoms. The SMILES string of the molecule is O=C(NCCc1ccccc1F)c1ccc(-c2ccc(F)cc2)cn1. The molecule has 0 atom stereocenters. The minimum atomic E-state index is -0.318. The van der Waals surface area contributed by atoms with E-state index >= 15 is 0 Å². The van der Waals surface area contributed by atoms with Crippen LogP contribution < -0.4 is 5.32 Å². The van der Waals surface area contributed by atoms with E-state index in [9.17, 15) is 13.6 Å². The Bertz CT molecular complexity index is 862. The molecule has 0 saturated heterocycles. The van der Waals surface area contributed by atoms with Crippen LogP contribution in [0.15, 0.2) is 66.9 Å². The van der Waals surface area contributed by atoms with E-state index in [0.717, 1.165) is 11.1 Å². The summed E-state index contributed by atoms with van der Waals surface area (Å²) < 4.78 is 26.5. The number of pyridine rings is 1. The van der Waals surface area contributed by atoms with Gasteiger partial charge in [0.2, 0.25) is 0 Å². The summed E-state index contributed by atoms with van der Waals surface area (Å²) in [6.07, 6.45) is 1.98. The molecular weight excluding hydrogens is 322 g/mol. The molecule has 126 valence electrons. The summed E-state index contributed by atoms with van der Waals surface area (Å²) in [5.41, 5.74) is 2.45. The van der Waals surface area contributed by atoms with Gasteiger partial charge in [0.15, 0.2) is 0 Å². The molecule has 0 aliphatic carbocycles. The van der Waals surface area contributed by atoms with Crippen molar-refractivity contribution in [3.05, 3.63) is 89.8 Å². The molecule has 1 amide bonds. The van der Waals surface area contributed by atoms with Gasteiger partial charge in [-0.1, -0.05) is 36.4 Å². The molecule has 0 aliphatic heterocycles. The fourth-order valence-electron chi connectivity index (χ4n) is 2.44. The number of halogens is 2. The van der Waals surface area contributed by atoms with Crippen LogP contribution in [0.2, 0.25) is 0 Å². The van der Waals surface area contributed by atoms with Gasteiger partial charge in [0.05, 0.1) is 0 Å². The fraction of sp³-hybridized carbons (Fsp3) is 0.100. The van der Waals surface area contributed by atoms with Gasteiger partial charge in [-0.2, -0.15) is 0 Å². The molecule has 3 rings (SSSR count). The predicted octanol–water partition coefficient (Wildman–Crippen LogP) is 4.00. The van der Waals surface area contributed by atoms with Crippen LogP contribution in [0.4, 0.5) is 8.78 Å². The van der Waals surface area contributed by atoms with Gasteiger partial charge in [-0.15, -0.1) is 0 Å². The third-order valence-electron chi connectivity index (χ3n) is 3.81. The number of carbonyl (C=O) groups excluding carboxylic acids is 1. The molecule has 0 spiro atoms. The van der Waals surface area contributed by atoms with Gasteiger partial charge in [-0.05, 0) is 41.8 Å². The summed E-state index contributed by atoms with van der Waals surface area (Å²) in [7, 11) is 0. The Balaban J connectivity index is 1.59. The number of nitrogens with one attached hydrogen (secondary N) is 1. The van der Waals surface area contributed by atoms with Crippen molar-refractivity contribution in [3.63, 3.8) is 0 Å². The van der Waals surface area contributed by atoms with Crippen molar-refractivity contribution in [1.82, 2.24) is 10.3 Å². The number of carbonyl (C=O) groups is 1. The molecule has 1 aromatic heterocycles. The number of benzene rings is 2. The summed E-state index contributed by atoms with van der Waals surface area (Å²) in [5.74, 6) is -0.900. The topological polar surface area (TPSA) is 42.0 Å². The van der Waals surface area contributed by atoms with E-state index in [4.69, 9.17) is 0 Å². The molecule has 0 saturated carbocycles. The highest BCUT2D eigenvalue weighted by Crippen LogP contribution is 2.18. The lowest BCUT2D eigenvalue weighted by atomic mass is 10.1. The Morgan fingerprint density at radius 2 is 1.64 bits per heavy atom. The van der Waals surface area contributed by atoms with Gasteiger partial charge >= 0.3 is 0 Å². The molecule has 1 N–H and O–H groups in total. The van der Waals surface area contributed by atoms with Crippen LogP contribution >= 0.6 is 0 Å². The van der Waals surface area contributed by atoms with E-state index < -0.39 is 0 Å². The van der Waals surface area contributed by atoms with E-state index in [1.54, 1.807) is 48.7 Å². The number of aromatic nitrogens is 1. The highest BCUT2D eigenvalue weighted by atomic mass is 19.1. The molecule has 1 heterocycles. The fourth-order valence-corrected chi connectivity index (χ4v) is 2.44. The predicted molar refractivity (Wildman–Crippen MR) is 92.1 cm³/mol. The quantitative estimate of drug-likeness (QED) is 0.764. The van der Waals surface area contributed by atoms with Crippen molar-refractivity contribution in [2.75, 3.05) is 6.54 Å². The highest BCUT2D eigenvalue weighted by molar-refractivity contribution is 5.92. The minimum absolute atomic E-state index is 0.277. The Labute approximate surface area is 144 Å². The maximum absolute atomic E-state index is 13.5. The third kappa shape index (κ3) is 4.26. The van der Waals surface area contributed by atoms with Crippen molar-refractivity contribution in [1.29, 1.82) is 0 Å². The van der Waals surface area contributed by atoms with Crippen molar-refractivity contribution < 1.29 is 13.6 Å². The Kier molecular flexibility index (Phi) is 5.14. The van der Waals surface area contributed by atoms with Gasteiger partial charge < -0.3 is 5.32 Å². The van der Waals surface area contributed by atoms with E-state index in [1.807, 2.05) is 0 Å². The Morgan fingerprint density at radius 1 is 0.920 bits per heavy atom. The summed E-state index contributed by atoms with van der Waals surface area (Å²) in [4.78, 5) is 16.2. The second kappa shape index (κ2) is 7.66. The molecule has 0 unspecified atom stereocenters. The number of rotatable bonds is 5. The van der Waals surface area contributed by atoms with Crippen molar-refractivity contribution in [2.24, 2.45) is 0 Å². The molecule has 0 aliphatic rings. The highest BCUT2D eigenvalue weighted by Gasteiger charge is 2.08. The van der Waals surface area contributed by atoms with Crippen LogP contribution in [0.1, 0.15) is 16.1 Å². The van der Waals surface area contributed by atoms with E-state index in [1.165, 1.54) is 18.2 Å². The normalized spacial score (nSPS) is 10.5. The van der Waals surface area contributed by atoms with Crippen molar-refractivity contribution >= 4 is 5.91 Å². The van der Waals surface area contributed by atoms with Crippen LogP contribution in [0.3, 0.4) is 0 Å². The van der Waals surface area contributed by atoms with Gasteiger partial charge in [-0.3, -0.25) is 9.78 Å². The molecule has 0 radical (unpaired) electrons. The molecular formula is C20H16F2N2O. The van der Waals surface area contributed by atoms with Crippen molar-refractivity contribution in [3.8, 4) is 11.1 Å². The van der Waals surface area contributed by atoms with E-state index in [0.29, 0.717) is 18.5 Å². The lowest BCUT2D eigenvalue weighted by Gasteiger charge is -2.07. The molecule has 3 nitrogen and oxygen atoms in total. The maximum Gasteiger partial charge on any atom is 0.269 e. The standard InChI is InChI=1S/C20H16F2N2O/c21-17-8-5-14(6-9-17)16-7-10-19(24-13-16)20(25)23-12-11-15-3-1-2-4-18(15)22/h1-10,13H,11-12H2,(H,23,25). The molecule has 3 aromatic rings. The zero-order chi connectivity index (χ0) is 17.6. The second-order valence-corrected chi connectivity index (χ2v) is 5.54. The van der Waals surface area contributed by atoms with Gasteiger partial charge in [0, 0.05) is 18.3 Å². The molecule has 5 heteroatoms. The smallest absolute Gasteiger partial charge is 0.269 e. The van der Waals surface area contributed by atoms with Crippen LogP contribution in [-0.4, -0.2) is 17.4 Å². The number of nitrogens with zero attached hydrogens (tertiary/aromatic N) is 1. The summed E-state index contributed by atoms with van der Waals surface area (Å²) >= 11 is 0. The first-order valence-electron chi connectivity index (χ1n) is 7.87. The van der Waals surface area contributed by atoms with Gasteiger partial charge in [0.25, 0.3) is 5.91 Å². The first-order valence-corrected chi connectivity index (χ1v) is 7.87. The lowest BCUT2D eigenvalue weighted by molar-refractivity contribution is 0.0949. The van der Waals surface area contributed by atoms with Crippen LogP contribution in [0.5, 0.6) is 0 Å². The lowest BCUT2D eigenvalue weighted by Crippen LogP contribution is -2.26. The first kappa shape index (κ1) is 16.8. The zero-order valence-corrected chi connectivity index (χ0v) is 13.4. The van der Waals surface area contributed by atoms with Crippen LogP contribution in [-0.2, 0) is 6.42 Å². The second-order valence-electron chi connectivity index (χ2n) is 5.54. The first-order chi connectivity index (χ1) is 12.1. The van der Waals surface area contributed by atoms with E-state index in [-0.39, 0.29) is 23.2 Å². The zero-order valence-electron chi connectivity index (χ0n) is 13.4. The number of amides is 1. The third-order valence-corrected chi connectivity index (χ3v) is 3.81.